The lowest BCUT2D eigenvalue weighted by molar-refractivity contribution is 0.0739. The number of hydrogen-bond donors (Lipinski definition) is 2. The normalized spacial score (nSPS) is 17.1. The van der Waals surface area contributed by atoms with Crippen LogP contribution in [0.25, 0.3) is 0 Å². The molecule has 0 atom stereocenters. The Balaban J connectivity index is 2.04. The number of nitrogen functional groups attached to an aromatic ring is 1. The fourth-order valence-corrected chi connectivity index (χ4v) is 2.63. The van der Waals surface area contributed by atoms with Crippen LogP contribution in [0.1, 0.15) is 36.5 Å². The van der Waals surface area contributed by atoms with Crippen molar-refractivity contribution in [1.82, 2.24) is 4.90 Å². The van der Waals surface area contributed by atoms with Gasteiger partial charge in [0.25, 0.3) is 0 Å². The van der Waals surface area contributed by atoms with E-state index >= 15 is 0 Å². The Morgan fingerprint density at radius 2 is 2.11 bits per heavy atom. The number of ketones is 1. The van der Waals surface area contributed by atoms with Crippen LogP contribution in [-0.2, 0) is 0 Å². The molecule has 1 aliphatic rings. The second kappa shape index (κ2) is 5.21. The molecule has 1 fully saturated rings. The first-order valence-corrected chi connectivity index (χ1v) is 6.76. The molecule has 104 valence electrons. The molecule has 0 radical (unpaired) electrons. The first-order chi connectivity index (χ1) is 8.94. The number of nitrogens with two attached hydrogens (primary N) is 1. The molecule has 1 saturated carbocycles. The van der Waals surface area contributed by atoms with Crippen molar-refractivity contribution in [3.63, 3.8) is 0 Å². The minimum atomic E-state index is 0.00723. The van der Waals surface area contributed by atoms with E-state index in [0.29, 0.717) is 11.3 Å². The zero-order chi connectivity index (χ0) is 14.0. The van der Waals surface area contributed by atoms with Crippen LogP contribution in [0.15, 0.2) is 18.2 Å². The number of carbonyl (C=O) groups excluding carboxylic acids is 1. The summed E-state index contributed by atoms with van der Waals surface area (Å²) in [5, 5.41) is 3.44. The molecule has 0 aromatic heterocycles. The quantitative estimate of drug-likeness (QED) is 0.631. The summed E-state index contributed by atoms with van der Waals surface area (Å²) in [6.45, 7) is 2.45. The minimum Gasteiger partial charge on any atom is -0.398 e. The Bertz CT molecular complexity index is 478. The number of rotatable bonds is 5. The summed E-state index contributed by atoms with van der Waals surface area (Å²) >= 11 is 0. The average Bonchev–Trinajstić information content (AvgIpc) is 2.26. The highest BCUT2D eigenvalue weighted by Crippen LogP contribution is 2.36. The molecule has 0 aliphatic heterocycles. The van der Waals surface area contributed by atoms with Gasteiger partial charge in [-0.05, 0) is 58.5 Å². The number of nitrogens with one attached hydrogen (secondary N) is 1. The molecular formula is C15H23N3O. The van der Waals surface area contributed by atoms with Gasteiger partial charge in [-0.15, -0.1) is 0 Å². The predicted octanol–water partition coefficient (Wildman–Crippen LogP) is 2.37. The molecule has 0 bridgehead atoms. The Morgan fingerprint density at radius 1 is 1.42 bits per heavy atom. The second-order valence-electron chi connectivity index (χ2n) is 5.68. The Labute approximate surface area is 115 Å². The Hall–Kier alpha value is -1.55. The van der Waals surface area contributed by atoms with Crippen molar-refractivity contribution in [2.24, 2.45) is 0 Å². The number of likely N-dealkylation sites (N-methyl/N-ethyl adjacent to an activating group) is 1. The van der Waals surface area contributed by atoms with Gasteiger partial charge in [-0.1, -0.05) is 0 Å². The van der Waals surface area contributed by atoms with E-state index in [4.69, 9.17) is 5.73 Å². The van der Waals surface area contributed by atoms with Crippen LogP contribution in [-0.4, -0.2) is 36.9 Å². The maximum absolute atomic E-state index is 11.3. The first-order valence-electron chi connectivity index (χ1n) is 6.76. The van der Waals surface area contributed by atoms with Crippen LogP contribution < -0.4 is 11.1 Å². The van der Waals surface area contributed by atoms with Crippen molar-refractivity contribution in [3.05, 3.63) is 23.8 Å². The summed E-state index contributed by atoms with van der Waals surface area (Å²) in [6.07, 6.45) is 3.76. The molecule has 19 heavy (non-hydrogen) atoms. The van der Waals surface area contributed by atoms with Crippen LogP contribution >= 0.6 is 0 Å². The van der Waals surface area contributed by atoms with E-state index in [1.807, 2.05) is 12.1 Å². The van der Waals surface area contributed by atoms with Gasteiger partial charge in [0.05, 0.1) is 0 Å². The van der Waals surface area contributed by atoms with Gasteiger partial charge in [-0.2, -0.15) is 0 Å². The van der Waals surface area contributed by atoms with E-state index < -0.39 is 0 Å². The molecule has 0 unspecified atom stereocenters. The molecule has 0 heterocycles. The third-order valence-corrected chi connectivity index (χ3v) is 4.29. The topological polar surface area (TPSA) is 58.4 Å². The SMILES string of the molecule is CC(=O)c1ccc(NCC2(N(C)C)CCC2)cc1N. The number of benzene rings is 1. The molecule has 0 amide bonds. The van der Waals surface area contributed by atoms with Crippen LogP contribution in [0.3, 0.4) is 0 Å². The Kier molecular flexibility index (Phi) is 3.80. The van der Waals surface area contributed by atoms with Crippen molar-refractivity contribution < 1.29 is 4.79 Å². The number of nitrogens with zero attached hydrogens (tertiary/aromatic N) is 1. The highest BCUT2D eigenvalue weighted by Gasteiger charge is 2.38. The molecule has 0 spiro atoms. The zero-order valence-corrected chi connectivity index (χ0v) is 12.0. The number of anilines is 2. The summed E-state index contributed by atoms with van der Waals surface area (Å²) < 4.78 is 0. The largest absolute Gasteiger partial charge is 0.398 e. The van der Waals surface area contributed by atoms with E-state index in [9.17, 15) is 4.79 Å². The third-order valence-electron chi connectivity index (χ3n) is 4.29. The van der Waals surface area contributed by atoms with Crippen molar-refractivity contribution in [3.8, 4) is 0 Å². The standard InChI is InChI=1S/C15H23N3O/c1-11(19)13-6-5-12(9-14(13)16)17-10-15(18(2)3)7-4-8-15/h5-6,9,17H,4,7-8,10,16H2,1-3H3. The van der Waals surface area contributed by atoms with Gasteiger partial charge >= 0.3 is 0 Å². The lowest BCUT2D eigenvalue weighted by atomic mass is 9.75. The van der Waals surface area contributed by atoms with Gasteiger partial charge in [0, 0.05) is 29.0 Å². The van der Waals surface area contributed by atoms with E-state index in [1.54, 1.807) is 6.07 Å². The fraction of sp³-hybridized carbons (Fsp3) is 0.533. The van der Waals surface area contributed by atoms with Gasteiger partial charge < -0.3 is 16.0 Å². The van der Waals surface area contributed by atoms with Crippen LogP contribution in [0.5, 0.6) is 0 Å². The smallest absolute Gasteiger partial charge is 0.161 e. The Morgan fingerprint density at radius 3 is 2.53 bits per heavy atom. The van der Waals surface area contributed by atoms with E-state index in [1.165, 1.54) is 26.2 Å². The maximum atomic E-state index is 11.3. The van der Waals surface area contributed by atoms with E-state index in [0.717, 1.165) is 12.2 Å². The van der Waals surface area contributed by atoms with Crippen molar-refractivity contribution in [2.45, 2.75) is 31.7 Å². The van der Waals surface area contributed by atoms with Gasteiger partial charge in [0.15, 0.2) is 5.78 Å². The fourth-order valence-electron chi connectivity index (χ4n) is 2.63. The highest BCUT2D eigenvalue weighted by atomic mass is 16.1. The van der Waals surface area contributed by atoms with Gasteiger partial charge in [-0.3, -0.25) is 4.79 Å². The van der Waals surface area contributed by atoms with Crippen LogP contribution in [0.2, 0.25) is 0 Å². The first kappa shape index (κ1) is 13.9. The minimum absolute atomic E-state index is 0.00723. The molecule has 1 aliphatic carbocycles. The van der Waals surface area contributed by atoms with E-state index in [-0.39, 0.29) is 11.3 Å². The summed E-state index contributed by atoms with van der Waals surface area (Å²) in [5.74, 6) is 0.00723. The number of Topliss-reactive ketones (excluding diaryl/α,β-unsaturated/α-hetero) is 1. The summed E-state index contributed by atoms with van der Waals surface area (Å²) in [4.78, 5) is 13.6. The third kappa shape index (κ3) is 2.73. The average molecular weight is 261 g/mol. The number of carbonyl (C=O) groups is 1. The lowest BCUT2D eigenvalue weighted by Gasteiger charge is -2.47. The van der Waals surface area contributed by atoms with E-state index in [2.05, 4.69) is 24.3 Å². The molecule has 3 N–H and O–H groups in total. The maximum Gasteiger partial charge on any atom is 0.161 e. The molecule has 1 aromatic carbocycles. The summed E-state index contributed by atoms with van der Waals surface area (Å²) in [5.41, 5.74) is 8.29. The monoisotopic (exact) mass is 261 g/mol. The lowest BCUT2D eigenvalue weighted by Crippen LogP contribution is -2.54. The van der Waals surface area contributed by atoms with Gasteiger partial charge in [0.2, 0.25) is 0 Å². The second-order valence-corrected chi connectivity index (χ2v) is 5.68. The van der Waals surface area contributed by atoms with Crippen LogP contribution in [0, 0.1) is 0 Å². The summed E-state index contributed by atoms with van der Waals surface area (Å²) in [7, 11) is 4.27. The molecule has 1 aromatic rings. The van der Waals surface area contributed by atoms with Crippen molar-refractivity contribution >= 4 is 17.2 Å². The summed E-state index contributed by atoms with van der Waals surface area (Å²) in [6, 6.07) is 5.57. The predicted molar refractivity (Wildman–Crippen MR) is 79.6 cm³/mol. The van der Waals surface area contributed by atoms with Crippen molar-refractivity contribution in [1.29, 1.82) is 0 Å². The molecule has 4 heteroatoms. The number of hydrogen-bond acceptors (Lipinski definition) is 4. The van der Waals surface area contributed by atoms with Crippen LogP contribution in [0.4, 0.5) is 11.4 Å². The van der Waals surface area contributed by atoms with Crippen molar-refractivity contribution in [2.75, 3.05) is 31.7 Å². The van der Waals surface area contributed by atoms with Gasteiger partial charge in [-0.25, -0.2) is 0 Å². The highest BCUT2D eigenvalue weighted by molar-refractivity contribution is 5.99. The molecular weight excluding hydrogens is 238 g/mol. The molecule has 0 saturated heterocycles. The van der Waals surface area contributed by atoms with Gasteiger partial charge in [0.1, 0.15) is 0 Å². The zero-order valence-electron chi connectivity index (χ0n) is 12.0. The molecule has 4 nitrogen and oxygen atoms in total. The molecule has 2 rings (SSSR count).